The van der Waals surface area contributed by atoms with Gasteiger partial charge in [0.25, 0.3) is 0 Å². The third kappa shape index (κ3) is 1.94. The highest BCUT2D eigenvalue weighted by Gasteiger charge is 2.53. The highest BCUT2D eigenvalue weighted by molar-refractivity contribution is 6.26. The fraction of sp³-hybridized carbons (Fsp3) is 0.0286. The number of benzene rings is 6. The SMILES string of the molecule is c1ccc2c(c1)-c1ccccc1C21c2ccccc2-c2c1c1[nH]c3ccccc3c1c1ccccc21. The van der Waals surface area contributed by atoms with Gasteiger partial charge in [-0.3, -0.25) is 0 Å². The van der Waals surface area contributed by atoms with Gasteiger partial charge in [-0.05, 0) is 55.8 Å². The van der Waals surface area contributed by atoms with Crippen LogP contribution in [-0.2, 0) is 5.41 Å². The first-order chi connectivity index (χ1) is 17.9. The van der Waals surface area contributed by atoms with Crippen molar-refractivity contribution in [1.82, 2.24) is 4.98 Å². The second kappa shape index (κ2) is 6.33. The zero-order valence-electron chi connectivity index (χ0n) is 19.5. The van der Waals surface area contributed by atoms with Crippen molar-refractivity contribution in [2.24, 2.45) is 0 Å². The van der Waals surface area contributed by atoms with Gasteiger partial charge in [-0.2, -0.15) is 0 Å². The molecule has 0 saturated carbocycles. The number of aromatic nitrogens is 1. The molecule has 1 nitrogen and oxygen atoms in total. The third-order valence-corrected chi connectivity index (χ3v) is 8.60. The lowest BCUT2D eigenvalue weighted by Gasteiger charge is -2.31. The van der Waals surface area contributed by atoms with Crippen LogP contribution in [0, 0.1) is 0 Å². The number of H-pyrrole nitrogens is 1. The zero-order chi connectivity index (χ0) is 23.4. The van der Waals surface area contributed by atoms with Crippen LogP contribution in [0.1, 0.15) is 22.3 Å². The Labute approximate surface area is 208 Å². The molecule has 0 unspecified atom stereocenters. The number of nitrogens with one attached hydrogen (secondary N) is 1. The van der Waals surface area contributed by atoms with Crippen LogP contribution in [-0.4, -0.2) is 4.98 Å². The second-order valence-corrected chi connectivity index (χ2v) is 10.1. The minimum absolute atomic E-state index is 0.359. The number of aromatic amines is 1. The molecule has 6 aromatic carbocycles. The van der Waals surface area contributed by atoms with Crippen molar-refractivity contribution in [3.8, 4) is 22.3 Å². The molecule has 1 heteroatoms. The minimum Gasteiger partial charge on any atom is -0.354 e. The van der Waals surface area contributed by atoms with Gasteiger partial charge in [-0.25, -0.2) is 0 Å². The molecule has 0 aliphatic heterocycles. The maximum atomic E-state index is 3.92. The summed E-state index contributed by atoms with van der Waals surface area (Å²) in [5.74, 6) is 0. The molecular formula is C35H21N. The molecule has 7 aromatic rings. The van der Waals surface area contributed by atoms with Crippen molar-refractivity contribution in [2.75, 3.05) is 0 Å². The van der Waals surface area contributed by atoms with Crippen molar-refractivity contribution in [1.29, 1.82) is 0 Å². The number of hydrogen-bond acceptors (Lipinski definition) is 0. The number of para-hydroxylation sites is 1. The summed E-state index contributed by atoms with van der Waals surface area (Å²) in [6, 6.07) is 44.9. The van der Waals surface area contributed by atoms with Crippen LogP contribution < -0.4 is 0 Å². The lowest BCUT2D eigenvalue weighted by atomic mass is 9.70. The van der Waals surface area contributed by atoms with Crippen LogP contribution in [0.25, 0.3) is 54.8 Å². The van der Waals surface area contributed by atoms with Crippen molar-refractivity contribution in [2.45, 2.75) is 5.41 Å². The summed E-state index contributed by atoms with van der Waals surface area (Å²) in [7, 11) is 0. The van der Waals surface area contributed by atoms with Gasteiger partial charge in [0.1, 0.15) is 0 Å². The minimum atomic E-state index is -0.359. The van der Waals surface area contributed by atoms with Gasteiger partial charge < -0.3 is 4.98 Å². The van der Waals surface area contributed by atoms with E-state index >= 15 is 0 Å². The molecule has 0 bridgehead atoms. The van der Waals surface area contributed by atoms with Crippen LogP contribution >= 0.6 is 0 Å². The molecule has 36 heavy (non-hydrogen) atoms. The van der Waals surface area contributed by atoms with E-state index in [-0.39, 0.29) is 5.41 Å². The zero-order valence-corrected chi connectivity index (χ0v) is 19.5. The molecule has 0 radical (unpaired) electrons. The lowest BCUT2D eigenvalue weighted by molar-refractivity contribution is 0.800. The highest BCUT2D eigenvalue weighted by Crippen LogP contribution is 2.65. The Morgan fingerprint density at radius 2 is 0.944 bits per heavy atom. The molecule has 0 amide bonds. The van der Waals surface area contributed by atoms with E-state index in [1.54, 1.807) is 0 Å². The van der Waals surface area contributed by atoms with Crippen LogP contribution in [0.15, 0.2) is 121 Å². The summed E-state index contributed by atoms with van der Waals surface area (Å²) in [5, 5.41) is 5.26. The average molecular weight is 456 g/mol. The molecular weight excluding hydrogens is 434 g/mol. The van der Waals surface area contributed by atoms with Crippen LogP contribution in [0.5, 0.6) is 0 Å². The molecule has 0 fully saturated rings. The van der Waals surface area contributed by atoms with Gasteiger partial charge in [0.2, 0.25) is 0 Å². The number of hydrogen-bond donors (Lipinski definition) is 1. The Kier molecular flexibility index (Phi) is 3.28. The summed E-state index contributed by atoms with van der Waals surface area (Å²) in [6.45, 7) is 0. The predicted molar refractivity (Wildman–Crippen MR) is 150 cm³/mol. The van der Waals surface area contributed by atoms with Crippen LogP contribution in [0.2, 0.25) is 0 Å². The van der Waals surface area contributed by atoms with Gasteiger partial charge in [-0.15, -0.1) is 0 Å². The van der Waals surface area contributed by atoms with E-state index in [9.17, 15) is 0 Å². The molecule has 1 N–H and O–H groups in total. The summed E-state index contributed by atoms with van der Waals surface area (Å²) < 4.78 is 0. The standard InChI is InChI=1S/C35H21N/c1-2-14-24-23(13-1)31-25-15-5-9-19-29(25)35(33(31)34-32(24)26-16-6-10-20-30(26)36-34)27-17-7-3-11-21(27)22-12-4-8-18-28(22)35/h1-20,36H. The van der Waals surface area contributed by atoms with Crippen LogP contribution in [0.3, 0.4) is 0 Å². The summed E-state index contributed by atoms with van der Waals surface area (Å²) in [5.41, 5.74) is 13.0. The summed E-state index contributed by atoms with van der Waals surface area (Å²) >= 11 is 0. The first-order valence-electron chi connectivity index (χ1n) is 12.6. The van der Waals surface area contributed by atoms with E-state index in [1.807, 2.05) is 0 Å². The average Bonchev–Trinajstić information content (AvgIpc) is 3.58. The van der Waals surface area contributed by atoms with Crippen molar-refractivity contribution in [3.63, 3.8) is 0 Å². The topological polar surface area (TPSA) is 15.8 Å². The largest absolute Gasteiger partial charge is 0.354 e. The number of rotatable bonds is 0. The normalized spacial score (nSPS) is 14.3. The quantitative estimate of drug-likeness (QED) is 0.235. The van der Waals surface area contributed by atoms with Gasteiger partial charge in [0.15, 0.2) is 0 Å². The molecule has 1 heterocycles. The van der Waals surface area contributed by atoms with Gasteiger partial charge in [0, 0.05) is 21.9 Å². The van der Waals surface area contributed by atoms with E-state index in [4.69, 9.17) is 0 Å². The molecule has 2 aliphatic rings. The fourth-order valence-corrected chi connectivity index (χ4v) is 7.40. The van der Waals surface area contributed by atoms with Crippen LogP contribution in [0.4, 0.5) is 0 Å². The molecule has 2 aliphatic carbocycles. The molecule has 1 spiro atoms. The second-order valence-electron chi connectivity index (χ2n) is 10.1. The molecule has 9 rings (SSSR count). The van der Waals surface area contributed by atoms with Gasteiger partial charge >= 0.3 is 0 Å². The van der Waals surface area contributed by atoms with E-state index in [0.29, 0.717) is 0 Å². The Morgan fingerprint density at radius 1 is 0.444 bits per heavy atom. The van der Waals surface area contributed by atoms with Crippen molar-refractivity contribution < 1.29 is 0 Å². The van der Waals surface area contributed by atoms with E-state index < -0.39 is 0 Å². The molecule has 0 atom stereocenters. The van der Waals surface area contributed by atoms with Gasteiger partial charge in [0.05, 0.1) is 10.9 Å². The Balaban J connectivity index is 1.64. The monoisotopic (exact) mass is 455 g/mol. The Hall–Kier alpha value is -4.62. The number of fused-ring (bicyclic) bond motifs is 17. The first kappa shape index (κ1) is 18.7. The maximum absolute atomic E-state index is 3.92. The fourth-order valence-electron chi connectivity index (χ4n) is 7.40. The molecule has 1 aromatic heterocycles. The maximum Gasteiger partial charge on any atom is 0.0746 e. The molecule has 0 saturated heterocycles. The lowest BCUT2D eigenvalue weighted by Crippen LogP contribution is -2.26. The van der Waals surface area contributed by atoms with Gasteiger partial charge in [-0.1, -0.05) is 115 Å². The first-order valence-corrected chi connectivity index (χ1v) is 12.6. The summed E-state index contributed by atoms with van der Waals surface area (Å²) in [6.07, 6.45) is 0. The smallest absolute Gasteiger partial charge is 0.0746 e. The highest BCUT2D eigenvalue weighted by atomic mass is 14.7. The van der Waals surface area contributed by atoms with E-state index in [0.717, 1.165) is 0 Å². The van der Waals surface area contributed by atoms with Crippen molar-refractivity contribution in [3.05, 3.63) is 144 Å². The van der Waals surface area contributed by atoms with Crippen molar-refractivity contribution >= 4 is 32.6 Å². The Bertz CT molecular complexity index is 2010. The summed E-state index contributed by atoms with van der Waals surface area (Å²) in [4.78, 5) is 3.92. The van der Waals surface area contributed by atoms with E-state index in [2.05, 4.69) is 126 Å². The Morgan fingerprint density at radius 3 is 1.64 bits per heavy atom. The third-order valence-electron chi connectivity index (χ3n) is 8.60. The molecule has 166 valence electrons. The predicted octanol–water partition coefficient (Wildman–Crippen LogP) is 8.82. The van der Waals surface area contributed by atoms with E-state index in [1.165, 1.54) is 77.1 Å².